The fourth-order valence-electron chi connectivity index (χ4n) is 1.71. The predicted molar refractivity (Wildman–Crippen MR) is 78.4 cm³/mol. The Bertz CT molecular complexity index is 566. The van der Waals surface area contributed by atoms with E-state index in [1.807, 2.05) is 32.0 Å². The fraction of sp³-hybridized carbons (Fsp3) is 0.286. The summed E-state index contributed by atoms with van der Waals surface area (Å²) in [5.41, 5.74) is 4.76. The highest BCUT2D eigenvalue weighted by molar-refractivity contribution is 5.62. The van der Waals surface area contributed by atoms with Gasteiger partial charge in [0.25, 0.3) is 0 Å². The molecule has 0 spiro atoms. The summed E-state index contributed by atoms with van der Waals surface area (Å²) < 4.78 is 0. The van der Waals surface area contributed by atoms with E-state index in [0.717, 1.165) is 22.9 Å². The van der Waals surface area contributed by atoms with Gasteiger partial charge in [-0.2, -0.15) is 0 Å². The van der Waals surface area contributed by atoms with Gasteiger partial charge in [0.2, 0.25) is 0 Å². The lowest BCUT2D eigenvalue weighted by atomic mass is 10.2. The smallest absolute Gasteiger partial charge is 0.145 e. The van der Waals surface area contributed by atoms with Crippen LogP contribution in [0.2, 0.25) is 0 Å². The molecule has 2 rings (SSSR count). The van der Waals surface area contributed by atoms with Gasteiger partial charge in [0.05, 0.1) is 0 Å². The SMILES string of the molecule is Cc1ccccc1Nc1cc(NN)nc(C(C)C)n1. The summed E-state index contributed by atoms with van der Waals surface area (Å²) in [5.74, 6) is 7.78. The van der Waals surface area contributed by atoms with Gasteiger partial charge in [-0.3, -0.25) is 0 Å². The number of para-hydroxylation sites is 1. The first kappa shape index (κ1) is 13.3. The number of benzene rings is 1. The van der Waals surface area contributed by atoms with Crippen LogP contribution in [-0.2, 0) is 0 Å². The maximum Gasteiger partial charge on any atom is 0.145 e. The van der Waals surface area contributed by atoms with Crippen molar-refractivity contribution in [1.82, 2.24) is 9.97 Å². The topological polar surface area (TPSA) is 75.9 Å². The van der Waals surface area contributed by atoms with Gasteiger partial charge in [-0.25, -0.2) is 15.8 Å². The summed E-state index contributed by atoms with van der Waals surface area (Å²) in [6.45, 7) is 6.15. The zero-order valence-electron chi connectivity index (χ0n) is 11.4. The molecule has 0 saturated carbocycles. The van der Waals surface area contributed by atoms with Crippen molar-refractivity contribution in [2.45, 2.75) is 26.7 Å². The van der Waals surface area contributed by atoms with E-state index >= 15 is 0 Å². The van der Waals surface area contributed by atoms with Crippen LogP contribution in [0.4, 0.5) is 17.3 Å². The van der Waals surface area contributed by atoms with E-state index in [2.05, 4.69) is 33.7 Å². The van der Waals surface area contributed by atoms with Crippen molar-refractivity contribution in [1.29, 1.82) is 0 Å². The first-order chi connectivity index (χ1) is 9.10. The molecular formula is C14H19N5. The Morgan fingerprint density at radius 3 is 2.42 bits per heavy atom. The summed E-state index contributed by atoms with van der Waals surface area (Å²) in [6, 6.07) is 9.85. The van der Waals surface area contributed by atoms with Crippen LogP contribution in [0.1, 0.15) is 31.2 Å². The molecule has 1 heterocycles. The van der Waals surface area contributed by atoms with Gasteiger partial charge in [0.15, 0.2) is 0 Å². The van der Waals surface area contributed by atoms with Gasteiger partial charge in [0, 0.05) is 17.7 Å². The lowest BCUT2D eigenvalue weighted by Gasteiger charge is -2.12. The summed E-state index contributed by atoms with van der Waals surface area (Å²) in [5, 5.41) is 3.30. The Labute approximate surface area is 113 Å². The highest BCUT2D eigenvalue weighted by Gasteiger charge is 2.08. The minimum atomic E-state index is 0.241. The summed E-state index contributed by atoms with van der Waals surface area (Å²) in [6.07, 6.45) is 0. The Balaban J connectivity index is 2.34. The van der Waals surface area contributed by atoms with Gasteiger partial charge in [0.1, 0.15) is 17.5 Å². The second-order valence-electron chi connectivity index (χ2n) is 4.74. The lowest BCUT2D eigenvalue weighted by Crippen LogP contribution is -2.12. The number of hydrogen-bond acceptors (Lipinski definition) is 5. The number of aryl methyl sites for hydroxylation is 1. The maximum absolute atomic E-state index is 5.44. The molecule has 100 valence electrons. The van der Waals surface area contributed by atoms with Gasteiger partial charge in [-0.15, -0.1) is 0 Å². The van der Waals surface area contributed by atoms with Crippen LogP contribution >= 0.6 is 0 Å². The molecule has 0 aliphatic rings. The van der Waals surface area contributed by atoms with Gasteiger partial charge in [-0.1, -0.05) is 32.0 Å². The Kier molecular flexibility index (Phi) is 3.97. The van der Waals surface area contributed by atoms with E-state index in [1.54, 1.807) is 6.07 Å². The molecule has 0 radical (unpaired) electrons. The third kappa shape index (κ3) is 3.20. The van der Waals surface area contributed by atoms with E-state index < -0.39 is 0 Å². The summed E-state index contributed by atoms with van der Waals surface area (Å²) >= 11 is 0. The largest absolute Gasteiger partial charge is 0.340 e. The van der Waals surface area contributed by atoms with Crippen molar-refractivity contribution < 1.29 is 0 Å². The standard InChI is InChI=1S/C14H19N5/c1-9(2)14-17-12(8-13(18-14)19-15)16-11-7-5-4-6-10(11)3/h4-9H,15H2,1-3H3,(H2,16,17,18,19). The van der Waals surface area contributed by atoms with Crippen LogP contribution < -0.4 is 16.6 Å². The Morgan fingerprint density at radius 1 is 1.11 bits per heavy atom. The van der Waals surface area contributed by atoms with Gasteiger partial charge < -0.3 is 10.7 Å². The second kappa shape index (κ2) is 5.67. The first-order valence-electron chi connectivity index (χ1n) is 6.28. The van der Waals surface area contributed by atoms with Crippen molar-refractivity contribution in [2.75, 3.05) is 10.7 Å². The molecule has 0 fully saturated rings. The fourth-order valence-corrected chi connectivity index (χ4v) is 1.71. The highest BCUT2D eigenvalue weighted by Crippen LogP contribution is 2.22. The molecule has 0 bridgehead atoms. The number of anilines is 3. The van der Waals surface area contributed by atoms with Crippen LogP contribution in [0.15, 0.2) is 30.3 Å². The van der Waals surface area contributed by atoms with E-state index in [4.69, 9.17) is 5.84 Å². The summed E-state index contributed by atoms with van der Waals surface area (Å²) in [7, 11) is 0. The second-order valence-corrected chi connectivity index (χ2v) is 4.74. The number of nitrogens with one attached hydrogen (secondary N) is 2. The molecule has 0 amide bonds. The molecular weight excluding hydrogens is 238 g/mol. The molecule has 4 N–H and O–H groups in total. The van der Waals surface area contributed by atoms with Crippen LogP contribution in [-0.4, -0.2) is 9.97 Å². The average Bonchev–Trinajstić information content (AvgIpc) is 2.41. The highest BCUT2D eigenvalue weighted by atomic mass is 15.3. The molecule has 5 heteroatoms. The molecule has 2 aromatic rings. The molecule has 1 aromatic carbocycles. The zero-order chi connectivity index (χ0) is 13.8. The lowest BCUT2D eigenvalue weighted by molar-refractivity contribution is 0.777. The van der Waals surface area contributed by atoms with Crippen molar-refractivity contribution in [3.8, 4) is 0 Å². The van der Waals surface area contributed by atoms with Crippen LogP contribution in [0, 0.1) is 6.92 Å². The predicted octanol–water partition coefficient (Wildman–Crippen LogP) is 2.94. The quantitative estimate of drug-likeness (QED) is 0.580. The van der Waals surface area contributed by atoms with Gasteiger partial charge >= 0.3 is 0 Å². The first-order valence-corrected chi connectivity index (χ1v) is 6.28. The molecule has 19 heavy (non-hydrogen) atoms. The number of hydrazine groups is 1. The zero-order valence-corrected chi connectivity index (χ0v) is 11.4. The van der Waals surface area contributed by atoms with Crippen molar-refractivity contribution >= 4 is 17.3 Å². The summed E-state index contributed by atoms with van der Waals surface area (Å²) in [4.78, 5) is 8.83. The van der Waals surface area contributed by atoms with Crippen LogP contribution in [0.25, 0.3) is 0 Å². The van der Waals surface area contributed by atoms with Crippen molar-refractivity contribution in [3.63, 3.8) is 0 Å². The number of aromatic nitrogens is 2. The van der Waals surface area contributed by atoms with E-state index in [-0.39, 0.29) is 5.92 Å². The number of nitrogen functional groups attached to an aromatic ring is 1. The average molecular weight is 257 g/mol. The molecule has 5 nitrogen and oxygen atoms in total. The molecule has 1 aromatic heterocycles. The number of nitrogens with zero attached hydrogens (tertiary/aromatic N) is 2. The van der Waals surface area contributed by atoms with Crippen LogP contribution in [0.3, 0.4) is 0 Å². The molecule has 0 unspecified atom stereocenters. The van der Waals surface area contributed by atoms with E-state index in [1.165, 1.54) is 0 Å². The Hall–Kier alpha value is -2.14. The minimum Gasteiger partial charge on any atom is -0.340 e. The molecule has 0 aliphatic carbocycles. The normalized spacial score (nSPS) is 10.6. The number of hydrogen-bond donors (Lipinski definition) is 3. The molecule has 0 aliphatic heterocycles. The van der Waals surface area contributed by atoms with Crippen molar-refractivity contribution in [2.24, 2.45) is 5.84 Å². The molecule has 0 atom stereocenters. The maximum atomic E-state index is 5.44. The third-order valence-electron chi connectivity index (χ3n) is 2.82. The van der Waals surface area contributed by atoms with E-state index in [9.17, 15) is 0 Å². The third-order valence-corrected chi connectivity index (χ3v) is 2.82. The van der Waals surface area contributed by atoms with Gasteiger partial charge in [-0.05, 0) is 18.6 Å². The van der Waals surface area contributed by atoms with Crippen LogP contribution in [0.5, 0.6) is 0 Å². The number of rotatable bonds is 4. The minimum absolute atomic E-state index is 0.241. The van der Waals surface area contributed by atoms with Crippen molar-refractivity contribution in [3.05, 3.63) is 41.7 Å². The van der Waals surface area contributed by atoms with E-state index in [0.29, 0.717) is 5.82 Å². The Morgan fingerprint density at radius 2 is 1.79 bits per heavy atom. The number of nitrogens with two attached hydrogens (primary N) is 1. The monoisotopic (exact) mass is 257 g/mol. The molecule has 0 saturated heterocycles.